The van der Waals surface area contributed by atoms with Crippen molar-refractivity contribution < 1.29 is 23.1 Å². The van der Waals surface area contributed by atoms with Crippen LogP contribution < -0.4 is 5.73 Å². The summed E-state index contributed by atoms with van der Waals surface area (Å²) in [6.45, 7) is 0. The number of H-pyrrole nitrogens is 1. The van der Waals surface area contributed by atoms with Gasteiger partial charge in [-0.05, 0) is 29.8 Å². The van der Waals surface area contributed by atoms with Crippen LogP contribution in [0.5, 0.6) is 0 Å². The molecule has 0 fully saturated rings. The SMILES string of the molecule is Nc1ccc(-c2cnn(-c3ccnc4[nH]ccc34)c2)cc1.O=C(O)C(F)(F)F. The average molecular weight is 389 g/mol. The fourth-order valence-electron chi connectivity index (χ4n) is 2.43. The summed E-state index contributed by atoms with van der Waals surface area (Å²) in [6.07, 6.45) is 2.43. The van der Waals surface area contributed by atoms with Gasteiger partial charge in [-0.15, -0.1) is 0 Å². The molecule has 0 atom stereocenters. The van der Waals surface area contributed by atoms with Crippen LogP contribution in [0.1, 0.15) is 0 Å². The molecule has 0 radical (unpaired) electrons. The number of aliphatic carboxylic acids is 1. The summed E-state index contributed by atoms with van der Waals surface area (Å²) in [5.41, 5.74) is 10.5. The van der Waals surface area contributed by atoms with Crippen molar-refractivity contribution in [1.82, 2.24) is 19.7 Å². The van der Waals surface area contributed by atoms with Crippen molar-refractivity contribution in [2.24, 2.45) is 0 Å². The lowest BCUT2D eigenvalue weighted by molar-refractivity contribution is -0.192. The maximum atomic E-state index is 10.6. The van der Waals surface area contributed by atoms with Crippen molar-refractivity contribution in [2.75, 3.05) is 5.73 Å². The molecule has 0 saturated carbocycles. The molecule has 144 valence electrons. The fraction of sp³-hybridized carbons (Fsp3) is 0.0556. The number of aromatic amines is 1. The lowest BCUT2D eigenvalue weighted by Crippen LogP contribution is -2.21. The average Bonchev–Trinajstić information content (AvgIpc) is 3.31. The van der Waals surface area contributed by atoms with Crippen LogP contribution in [0.4, 0.5) is 18.9 Å². The van der Waals surface area contributed by atoms with Crippen LogP contribution in [0, 0.1) is 0 Å². The highest BCUT2D eigenvalue weighted by Gasteiger charge is 2.38. The molecular formula is C18H14F3N5O2. The number of carboxylic acids is 1. The minimum Gasteiger partial charge on any atom is -0.475 e. The van der Waals surface area contributed by atoms with Gasteiger partial charge < -0.3 is 15.8 Å². The molecule has 4 aromatic rings. The second kappa shape index (κ2) is 7.43. The monoisotopic (exact) mass is 389 g/mol. The molecule has 7 nitrogen and oxygen atoms in total. The third-order valence-electron chi connectivity index (χ3n) is 3.75. The van der Waals surface area contributed by atoms with Gasteiger partial charge in [0, 0.05) is 35.2 Å². The summed E-state index contributed by atoms with van der Waals surface area (Å²) < 4.78 is 33.6. The van der Waals surface area contributed by atoms with Gasteiger partial charge in [-0.3, -0.25) is 0 Å². The van der Waals surface area contributed by atoms with Crippen LogP contribution in [-0.4, -0.2) is 37.0 Å². The van der Waals surface area contributed by atoms with Gasteiger partial charge in [-0.1, -0.05) is 12.1 Å². The van der Waals surface area contributed by atoms with Crippen LogP contribution in [0.15, 0.2) is 61.2 Å². The highest BCUT2D eigenvalue weighted by Crippen LogP contribution is 2.24. The molecule has 4 rings (SSSR count). The number of nitrogens with one attached hydrogen (secondary N) is 1. The Hall–Kier alpha value is -3.82. The number of hydrogen-bond donors (Lipinski definition) is 3. The number of nitrogens with zero attached hydrogens (tertiary/aromatic N) is 3. The molecule has 0 unspecified atom stereocenters. The molecule has 3 heterocycles. The third-order valence-corrected chi connectivity index (χ3v) is 3.75. The number of halogens is 3. The van der Waals surface area contributed by atoms with Crippen molar-refractivity contribution >= 4 is 22.7 Å². The molecule has 3 aromatic heterocycles. The van der Waals surface area contributed by atoms with Crippen molar-refractivity contribution in [3.8, 4) is 16.8 Å². The van der Waals surface area contributed by atoms with Crippen molar-refractivity contribution in [2.45, 2.75) is 6.18 Å². The molecule has 1 aromatic carbocycles. The van der Waals surface area contributed by atoms with Gasteiger partial charge in [-0.25, -0.2) is 14.5 Å². The van der Waals surface area contributed by atoms with E-state index in [2.05, 4.69) is 15.1 Å². The molecule has 4 N–H and O–H groups in total. The lowest BCUT2D eigenvalue weighted by Gasteiger charge is -2.02. The van der Waals surface area contributed by atoms with Crippen molar-refractivity contribution in [3.05, 3.63) is 61.2 Å². The Morgan fingerprint density at radius 3 is 2.43 bits per heavy atom. The smallest absolute Gasteiger partial charge is 0.475 e. The normalized spacial score (nSPS) is 11.1. The Kier molecular flexibility index (Phi) is 5.03. The molecule has 10 heteroatoms. The number of carboxylic acid groups (broad SMARTS) is 1. The van der Waals surface area contributed by atoms with E-state index in [4.69, 9.17) is 15.6 Å². The van der Waals surface area contributed by atoms with E-state index in [0.29, 0.717) is 0 Å². The molecule has 0 spiro atoms. The quantitative estimate of drug-likeness (QED) is 0.454. The standard InChI is InChI=1S/C16H13N5.C2HF3O2/c17-13-3-1-11(2-4-13)12-9-20-21(10-12)15-6-8-19-16-14(15)5-7-18-16;3-2(4,5)1(6)7/h1-10H,17H2,(H,18,19);(H,6,7). The molecule has 28 heavy (non-hydrogen) atoms. The van der Waals surface area contributed by atoms with E-state index in [9.17, 15) is 13.2 Å². The van der Waals surface area contributed by atoms with E-state index in [1.165, 1.54) is 0 Å². The van der Waals surface area contributed by atoms with Crippen molar-refractivity contribution in [1.29, 1.82) is 0 Å². The number of pyridine rings is 1. The molecular weight excluding hydrogens is 375 g/mol. The third kappa shape index (κ3) is 4.11. The van der Waals surface area contributed by atoms with Gasteiger partial charge in [0.05, 0.1) is 11.9 Å². The van der Waals surface area contributed by atoms with Gasteiger partial charge >= 0.3 is 12.1 Å². The maximum Gasteiger partial charge on any atom is 0.490 e. The van der Waals surface area contributed by atoms with Gasteiger partial charge in [0.2, 0.25) is 0 Å². The Bertz CT molecular complexity index is 1100. The Morgan fingerprint density at radius 2 is 1.79 bits per heavy atom. The molecule has 0 bridgehead atoms. The Morgan fingerprint density at radius 1 is 1.11 bits per heavy atom. The topological polar surface area (TPSA) is 110 Å². The molecule has 0 aliphatic rings. The molecule has 0 aliphatic carbocycles. The van der Waals surface area contributed by atoms with E-state index in [0.717, 1.165) is 33.5 Å². The lowest BCUT2D eigenvalue weighted by atomic mass is 10.1. The number of carbonyl (C=O) groups is 1. The number of benzene rings is 1. The first-order chi connectivity index (χ1) is 13.3. The van der Waals surface area contributed by atoms with Crippen LogP contribution in [0.3, 0.4) is 0 Å². The fourth-order valence-corrected chi connectivity index (χ4v) is 2.43. The van der Waals surface area contributed by atoms with Crippen LogP contribution in [-0.2, 0) is 4.79 Å². The predicted octanol–water partition coefficient (Wildman–Crippen LogP) is 3.63. The molecule has 0 saturated heterocycles. The number of rotatable bonds is 2. The van der Waals surface area contributed by atoms with Gasteiger partial charge in [0.15, 0.2) is 0 Å². The first-order valence-electron chi connectivity index (χ1n) is 7.89. The van der Waals surface area contributed by atoms with Gasteiger partial charge in [-0.2, -0.15) is 18.3 Å². The number of hydrogen-bond acceptors (Lipinski definition) is 4. The number of nitrogens with two attached hydrogens (primary N) is 1. The van der Waals surface area contributed by atoms with E-state index in [-0.39, 0.29) is 0 Å². The highest BCUT2D eigenvalue weighted by atomic mass is 19.4. The summed E-state index contributed by atoms with van der Waals surface area (Å²) in [5, 5.41) is 12.6. The number of aromatic nitrogens is 4. The number of alkyl halides is 3. The van der Waals surface area contributed by atoms with Gasteiger partial charge in [0.25, 0.3) is 0 Å². The number of fused-ring (bicyclic) bond motifs is 1. The molecule has 0 aliphatic heterocycles. The first kappa shape index (κ1) is 19.0. The van der Waals surface area contributed by atoms with E-state index in [1.54, 1.807) is 6.20 Å². The van der Waals surface area contributed by atoms with E-state index < -0.39 is 12.1 Å². The minimum atomic E-state index is -5.08. The highest BCUT2D eigenvalue weighted by molar-refractivity contribution is 5.84. The predicted molar refractivity (Wildman–Crippen MR) is 96.8 cm³/mol. The van der Waals surface area contributed by atoms with Crippen LogP contribution in [0.2, 0.25) is 0 Å². The summed E-state index contributed by atoms with van der Waals surface area (Å²) in [4.78, 5) is 16.3. The van der Waals surface area contributed by atoms with Crippen LogP contribution >= 0.6 is 0 Å². The second-order valence-electron chi connectivity index (χ2n) is 5.67. The zero-order valence-electron chi connectivity index (χ0n) is 14.2. The molecule has 0 amide bonds. The summed E-state index contributed by atoms with van der Waals surface area (Å²) >= 11 is 0. The minimum absolute atomic E-state index is 0.759. The zero-order chi connectivity index (χ0) is 20.3. The summed E-state index contributed by atoms with van der Waals surface area (Å²) in [5.74, 6) is -2.76. The largest absolute Gasteiger partial charge is 0.490 e. The number of anilines is 1. The first-order valence-corrected chi connectivity index (χ1v) is 7.89. The Labute approximate surface area is 156 Å². The van der Waals surface area contributed by atoms with Crippen molar-refractivity contribution in [3.63, 3.8) is 0 Å². The maximum absolute atomic E-state index is 10.6. The van der Waals surface area contributed by atoms with Crippen LogP contribution in [0.25, 0.3) is 27.8 Å². The Balaban J connectivity index is 0.000000279. The number of nitrogen functional groups attached to an aromatic ring is 1. The summed E-state index contributed by atoms with van der Waals surface area (Å²) in [7, 11) is 0. The second-order valence-corrected chi connectivity index (χ2v) is 5.67. The van der Waals surface area contributed by atoms with E-state index >= 15 is 0 Å². The summed E-state index contributed by atoms with van der Waals surface area (Å²) in [6, 6.07) is 11.7. The van der Waals surface area contributed by atoms with Gasteiger partial charge in [0.1, 0.15) is 5.65 Å². The zero-order valence-corrected chi connectivity index (χ0v) is 14.2. The van der Waals surface area contributed by atoms with E-state index in [1.807, 2.05) is 59.7 Å².